The third kappa shape index (κ3) is 5.82. The Balaban J connectivity index is 1.62. The van der Waals surface area contributed by atoms with Crippen molar-refractivity contribution in [3.05, 3.63) is 93.5 Å². The molecule has 218 valence electrons. The van der Waals surface area contributed by atoms with E-state index < -0.39 is 74.5 Å². The number of hydrogen-bond acceptors (Lipinski definition) is 3. The number of anilines is 2. The second kappa shape index (κ2) is 10.6. The largest absolute Gasteiger partial charge is 0.416 e. The van der Waals surface area contributed by atoms with Crippen LogP contribution in [0.25, 0.3) is 0 Å². The van der Waals surface area contributed by atoms with Gasteiger partial charge in [-0.15, -0.1) is 0 Å². The number of carbonyl (C=O) groups excluding carboxylic acids is 2. The number of halogens is 11. The van der Waals surface area contributed by atoms with Crippen molar-refractivity contribution >= 4 is 58.4 Å². The lowest BCUT2D eigenvalue weighted by molar-refractivity contribution is -0.143. The molecule has 0 aromatic heterocycles. The van der Waals surface area contributed by atoms with Crippen LogP contribution in [0.3, 0.4) is 0 Å². The second-order valence-electron chi connectivity index (χ2n) is 9.15. The zero-order chi connectivity index (χ0) is 30.5. The molecule has 1 saturated carbocycles. The minimum Gasteiger partial charge on any atom is -0.384 e. The molecule has 1 aliphatic rings. The first-order valence-electron chi connectivity index (χ1n) is 11.3. The number of para-hydroxylation sites is 1. The van der Waals surface area contributed by atoms with E-state index in [1.54, 1.807) is 0 Å². The van der Waals surface area contributed by atoms with Gasteiger partial charge in [0.2, 0.25) is 0 Å². The Morgan fingerprint density at radius 3 is 1.98 bits per heavy atom. The molecule has 0 radical (unpaired) electrons. The highest BCUT2D eigenvalue weighted by Crippen LogP contribution is 2.73. The average molecular weight is 646 g/mol. The monoisotopic (exact) mass is 644 g/mol. The first kappa shape index (κ1) is 30.9. The standard InChI is InChI=1S/C26H15Cl3F8N2O2/c27-17-5-4-15(9-16(17)22(41)39-20-18(30)2-1-3-19(20)31)38-10-23(11-40)21(24(23,28)29)12-6-13(25(32,33)34)8-14(7-12)26(35,36)37/h1-9,11,21,38H,10H2,(H,39,41). The van der Waals surface area contributed by atoms with Crippen LogP contribution >= 0.6 is 34.8 Å². The molecule has 0 saturated heterocycles. The smallest absolute Gasteiger partial charge is 0.384 e. The maximum Gasteiger partial charge on any atom is 0.416 e. The second-order valence-corrected chi connectivity index (χ2v) is 10.9. The van der Waals surface area contributed by atoms with Crippen LogP contribution in [-0.4, -0.2) is 23.1 Å². The summed E-state index contributed by atoms with van der Waals surface area (Å²) in [5.41, 5.74) is -6.57. The molecule has 4 nitrogen and oxygen atoms in total. The van der Waals surface area contributed by atoms with E-state index in [1.807, 2.05) is 0 Å². The number of nitrogens with one attached hydrogen (secondary N) is 2. The zero-order valence-corrected chi connectivity index (χ0v) is 22.3. The lowest BCUT2D eigenvalue weighted by Gasteiger charge is -2.16. The Labute approximate surface area is 241 Å². The Morgan fingerprint density at radius 1 is 0.902 bits per heavy atom. The molecular formula is C26H15Cl3F8N2O2. The number of amides is 1. The minimum absolute atomic E-state index is 0.0651. The number of benzene rings is 3. The first-order chi connectivity index (χ1) is 18.9. The average Bonchev–Trinajstić information content (AvgIpc) is 3.38. The molecule has 3 aromatic rings. The summed E-state index contributed by atoms with van der Waals surface area (Å²) in [6.45, 7) is -0.490. The Hall–Kier alpha value is -3.09. The van der Waals surface area contributed by atoms with Crippen LogP contribution < -0.4 is 10.6 Å². The van der Waals surface area contributed by atoms with Crippen LogP contribution in [0.4, 0.5) is 46.5 Å². The van der Waals surface area contributed by atoms with Crippen LogP contribution in [0.15, 0.2) is 54.6 Å². The van der Waals surface area contributed by atoms with Gasteiger partial charge in [0.1, 0.15) is 27.9 Å². The summed E-state index contributed by atoms with van der Waals surface area (Å²) >= 11 is 18.6. The Bertz CT molecular complexity index is 1480. The van der Waals surface area contributed by atoms with Crippen molar-refractivity contribution in [1.82, 2.24) is 0 Å². The van der Waals surface area contributed by atoms with Crippen LogP contribution in [-0.2, 0) is 17.1 Å². The van der Waals surface area contributed by atoms with Crippen molar-refractivity contribution in [1.29, 1.82) is 0 Å². The van der Waals surface area contributed by atoms with Gasteiger partial charge in [0, 0.05) is 18.2 Å². The van der Waals surface area contributed by atoms with Crippen molar-refractivity contribution < 1.29 is 44.7 Å². The van der Waals surface area contributed by atoms with E-state index in [0.29, 0.717) is 12.1 Å². The highest BCUT2D eigenvalue weighted by atomic mass is 35.5. The van der Waals surface area contributed by atoms with Crippen LogP contribution in [0, 0.1) is 17.0 Å². The van der Waals surface area contributed by atoms with Crippen molar-refractivity contribution in [3.63, 3.8) is 0 Å². The molecule has 0 bridgehead atoms. The number of alkyl halides is 8. The Morgan fingerprint density at radius 2 is 1.46 bits per heavy atom. The van der Waals surface area contributed by atoms with E-state index in [1.165, 1.54) is 12.1 Å². The fraction of sp³-hybridized carbons (Fsp3) is 0.231. The lowest BCUT2D eigenvalue weighted by atomic mass is 9.96. The van der Waals surface area contributed by atoms with Gasteiger partial charge in [0.05, 0.1) is 27.1 Å². The lowest BCUT2D eigenvalue weighted by Crippen LogP contribution is -2.23. The molecule has 2 unspecified atom stereocenters. The molecule has 3 aromatic carbocycles. The summed E-state index contributed by atoms with van der Waals surface area (Å²) in [6.07, 6.45) is -10.1. The van der Waals surface area contributed by atoms with E-state index in [0.717, 1.165) is 24.3 Å². The maximum absolute atomic E-state index is 14.0. The van der Waals surface area contributed by atoms with Crippen molar-refractivity contribution in [3.8, 4) is 0 Å². The van der Waals surface area contributed by atoms with Crippen LogP contribution in [0.2, 0.25) is 5.02 Å². The van der Waals surface area contributed by atoms with E-state index in [9.17, 15) is 44.7 Å². The van der Waals surface area contributed by atoms with Crippen LogP contribution in [0.5, 0.6) is 0 Å². The molecule has 4 rings (SSSR count). The number of rotatable bonds is 7. The number of carbonyl (C=O) groups is 2. The molecule has 1 amide bonds. The molecule has 1 aliphatic carbocycles. The third-order valence-electron chi connectivity index (χ3n) is 6.57. The van der Waals surface area contributed by atoms with Gasteiger partial charge in [-0.3, -0.25) is 4.79 Å². The molecule has 2 atom stereocenters. The summed E-state index contributed by atoms with van der Waals surface area (Å²) < 4.78 is 106. The summed E-state index contributed by atoms with van der Waals surface area (Å²) in [5.74, 6) is -4.60. The molecular weight excluding hydrogens is 631 g/mol. The molecule has 1 fully saturated rings. The topological polar surface area (TPSA) is 58.2 Å². The highest BCUT2D eigenvalue weighted by molar-refractivity contribution is 6.54. The van der Waals surface area contributed by atoms with Gasteiger partial charge in [0.25, 0.3) is 5.91 Å². The highest BCUT2D eigenvalue weighted by Gasteiger charge is 2.76. The predicted octanol–water partition coefficient (Wildman–Crippen LogP) is 8.48. The van der Waals surface area contributed by atoms with Crippen LogP contribution in [0.1, 0.15) is 33.0 Å². The molecule has 0 heterocycles. The molecule has 0 aliphatic heterocycles. The van der Waals surface area contributed by atoms with Gasteiger partial charge >= 0.3 is 12.4 Å². The molecule has 15 heteroatoms. The summed E-state index contributed by atoms with van der Waals surface area (Å²) in [7, 11) is 0. The van der Waals surface area contributed by atoms with Crippen molar-refractivity contribution in [2.24, 2.45) is 5.41 Å². The van der Waals surface area contributed by atoms with Gasteiger partial charge in [-0.05, 0) is 54.1 Å². The molecule has 41 heavy (non-hydrogen) atoms. The summed E-state index contributed by atoms with van der Waals surface area (Å²) in [6, 6.07) is 7.43. The fourth-order valence-corrected chi connectivity index (χ4v) is 5.57. The normalized spacial score (nSPS) is 19.9. The van der Waals surface area contributed by atoms with Crippen molar-refractivity contribution in [2.75, 3.05) is 17.2 Å². The maximum atomic E-state index is 14.0. The zero-order valence-electron chi connectivity index (χ0n) is 20.0. The number of hydrogen-bond donors (Lipinski definition) is 2. The van der Waals surface area contributed by atoms with Gasteiger partial charge in [-0.2, -0.15) is 26.3 Å². The first-order valence-corrected chi connectivity index (χ1v) is 12.5. The number of aldehydes is 1. The van der Waals surface area contributed by atoms with E-state index in [2.05, 4.69) is 10.6 Å². The molecule has 2 N–H and O–H groups in total. The van der Waals surface area contributed by atoms with E-state index in [4.69, 9.17) is 34.8 Å². The summed E-state index contributed by atoms with van der Waals surface area (Å²) in [5, 5.41) is 4.64. The SMILES string of the molecule is O=CC1(CNc2ccc(Cl)c(C(=O)Nc3c(F)cccc3F)c2)C(c2cc(C(F)(F)F)cc(C(F)(F)F)c2)C1(Cl)Cl. The minimum atomic E-state index is -5.14. The molecule has 0 spiro atoms. The third-order valence-corrected chi connectivity index (χ3v) is 8.04. The quantitative estimate of drug-likeness (QED) is 0.154. The van der Waals surface area contributed by atoms with E-state index in [-0.39, 0.29) is 28.6 Å². The van der Waals surface area contributed by atoms with E-state index >= 15 is 0 Å². The van der Waals surface area contributed by atoms with Gasteiger partial charge < -0.3 is 15.4 Å². The fourth-order valence-electron chi connectivity index (χ4n) is 4.39. The van der Waals surface area contributed by atoms with Crippen molar-refractivity contribution in [2.45, 2.75) is 22.6 Å². The summed E-state index contributed by atoms with van der Waals surface area (Å²) in [4.78, 5) is 24.8. The van der Waals surface area contributed by atoms with Gasteiger partial charge in [-0.25, -0.2) is 8.78 Å². The van der Waals surface area contributed by atoms with Gasteiger partial charge in [-0.1, -0.05) is 40.9 Å². The van der Waals surface area contributed by atoms with Gasteiger partial charge in [0.15, 0.2) is 0 Å². The predicted molar refractivity (Wildman–Crippen MR) is 136 cm³/mol. The Kier molecular flexibility index (Phi) is 8.00.